The van der Waals surface area contributed by atoms with Crippen LogP contribution in [0.2, 0.25) is 0 Å². The van der Waals surface area contributed by atoms with Gasteiger partial charge in [0.05, 0.1) is 6.20 Å². The molecular weight excluding hydrogens is 370 g/mol. The Morgan fingerprint density at radius 1 is 1.00 bits per heavy atom. The number of benzene rings is 1. The SMILES string of the molecule is CC(=O)N1CCN(C(=O)CCN(Cc2ccccc2)C(=O)c2cnccn2)CC1. The summed E-state index contributed by atoms with van der Waals surface area (Å²) in [5.41, 5.74) is 1.23. The molecule has 1 saturated heterocycles. The van der Waals surface area contributed by atoms with Gasteiger partial charge in [-0.05, 0) is 5.56 Å². The van der Waals surface area contributed by atoms with Crippen molar-refractivity contribution in [2.45, 2.75) is 19.9 Å². The average molecular weight is 395 g/mol. The fraction of sp³-hybridized carbons (Fsp3) is 0.381. The zero-order valence-corrected chi connectivity index (χ0v) is 16.5. The minimum Gasteiger partial charge on any atom is -0.339 e. The number of amides is 3. The van der Waals surface area contributed by atoms with E-state index in [1.165, 1.54) is 25.5 Å². The quantitative estimate of drug-likeness (QED) is 0.734. The van der Waals surface area contributed by atoms with Crippen LogP contribution in [0.5, 0.6) is 0 Å². The number of hydrogen-bond donors (Lipinski definition) is 0. The summed E-state index contributed by atoms with van der Waals surface area (Å²) in [6, 6.07) is 9.64. The molecule has 1 fully saturated rings. The topological polar surface area (TPSA) is 86.7 Å². The minimum absolute atomic E-state index is 0.0155. The fourth-order valence-electron chi connectivity index (χ4n) is 3.29. The number of carbonyl (C=O) groups excluding carboxylic acids is 3. The van der Waals surface area contributed by atoms with E-state index in [9.17, 15) is 14.4 Å². The standard InChI is InChI=1S/C21H25N5O3/c1-17(27)24-11-13-25(14-12-24)20(28)7-10-26(16-18-5-3-2-4-6-18)21(29)19-15-22-8-9-23-19/h2-6,8-9,15H,7,10-14,16H2,1H3. The summed E-state index contributed by atoms with van der Waals surface area (Å²) in [5.74, 6) is -0.241. The average Bonchev–Trinajstić information content (AvgIpc) is 2.77. The third-order valence-corrected chi connectivity index (χ3v) is 4.96. The van der Waals surface area contributed by atoms with Crippen LogP contribution in [0.1, 0.15) is 29.4 Å². The molecule has 2 heterocycles. The Kier molecular flexibility index (Phi) is 6.89. The molecule has 3 amide bonds. The Labute approximate surface area is 170 Å². The van der Waals surface area contributed by atoms with Gasteiger partial charge in [-0.25, -0.2) is 4.98 Å². The molecule has 0 aliphatic carbocycles. The third kappa shape index (κ3) is 5.60. The lowest BCUT2D eigenvalue weighted by Gasteiger charge is -2.34. The van der Waals surface area contributed by atoms with Gasteiger partial charge in [0.15, 0.2) is 0 Å². The lowest BCUT2D eigenvalue weighted by molar-refractivity contribution is -0.138. The van der Waals surface area contributed by atoms with Crippen LogP contribution in [-0.2, 0) is 16.1 Å². The molecule has 0 bridgehead atoms. The first kappa shape index (κ1) is 20.4. The second kappa shape index (κ2) is 9.77. The van der Waals surface area contributed by atoms with Crippen LogP contribution in [0.15, 0.2) is 48.9 Å². The van der Waals surface area contributed by atoms with Gasteiger partial charge in [-0.2, -0.15) is 0 Å². The molecule has 29 heavy (non-hydrogen) atoms. The van der Waals surface area contributed by atoms with E-state index in [1.807, 2.05) is 30.3 Å². The maximum absolute atomic E-state index is 12.9. The molecule has 0 saturated carbocycles. The van der Waals surface area contributed by atoms with E-state index in [2.05, 4.69) is 9.97 Å². The molecule has 1 aromatic heterocycles. The van der Waals surface area contributed by atoms with Crippen molar-refractivity contribution >= 4 is 17.7 Å². The van der Waals surface area contributed by atoms with Crippen LogP contribution in [-0.4, -0.2) is 75.1 Å². The monoisotopic (exact) mass is 395 g/mol. The van der Waals surface area contributed by atoms with Crippen molar-refractivity contribution in [3.63, 3.8) is 0 Å². The predicted molar refractivity (Wildman–Crippen MR) is 107 cm³/mol. The number of carbonyl (C=O) groups is 3. The van der Waals surface area contributed by atoms with Crippen LogP contribution in [0.4, 0.5) is 0 Å². The third-order valence-electron chi connectivity index (χ3n) is 4.96. The number of piperazine rings is 1. The number of aromatic nitrogens is 2. The predicted octanol–water partition coefficient (Wildman–Crippen LogP) is 1.20. The number of hydrogen-bond acceptors (Lipinski definition) is 5. The zero-order chi connectivity index (χ0) is 20.6. The van der Waals surface area contributed by atoms with Crippen molar-refractivity contribution in [1.29, 1.82) is 0 Å². The number of nitrogens with zero attached hydrogens (tertiary/aromatic N) is 5. The first-order valence-corrected chi connectivity index (χ1v) is 9.67. The molecule has 0 spiro atoms. The van der Waals surface area contributed by atoms with Crippen molar-refractivity contribution < 1.29 is 14.4 Å². The molecule has 3 rings (SSSR count). The Morgan fingerprint density at radius 3 is 2.31 bits per heavy atom. The van der Waals surface area contributed by atoms with Crippen molar-refractivity contribution in [2.24, 2.45) is 0 Å². The second-order valence-corrected chi connectivity index (χ2v) is 6.94. The molecule has 0 N–H and O–H groups in total. The Balaban J connectivity index is 1.63. The summed E-state index contributed by atoms with van der Waals surface area (Å²) in [5, 5.41) is 0. The largest absolute Gasteiger partial charge is 0.339 e. The van der Waals surface area contributed by atoms with Gasteiger partial charge >= 0.3 is 0 Å². The van der Waals surface area contributed by atoms with Crippen molar-refractivity contribution in [1.82, 2.24) is 24.7 Å². The molecule has 0 radical (unpaired) electrons. The summed E-state index contributed by atoms with van der Waals surface area (Å²) in [4.78, 5) is 50.2. The Morgan fingerprint density at radius 2 is 1.69 bits per heavy atom. The molecule has 1 aliphatic heterocycles. The van der Waals surface area contributed by atoms with E-state index in [-0.39, 0.29) is 36.4 Å². The highest BCUT2D eigenvalue weighted by Gasteiger charge is 2.24. The summed E-state index contributed by atoms with van der Waals surface area (Å²) in [6.45, 7) is 4.36. The van der Waals surface area contributed by atoms with Crippen LogP contribution >= 0.6 is 0 Å². The Hall–Kier alpha value is -3.29. The van der Waals surface area contributed by atoms with Gasteiger partial charge in [-0.15, -0.1) is 0 Å². The molecule has 0 atom stereocenters. The number of rotatable bonds is 6. The first-order valence-electron chi connectivity index (χ1n) is 9.67. The summed E-state index contributed by atoms with van der Waals surface area (Å²) < 4.78 is 0. The molecular formula is C21H25N5O3. The van der Waals surface area contributed by atoms with E-state index >= 15 is 0 Å². The van der Waals surface area contributed by atoms with Crippen molar-refractivity contribution in [3.05, 3.63) is 60.2 Å². The first-order chi connectivity index (χ1) is 14.0. The highest BCUT2D eigenvalue weighted by Crippen LogP contribution is 2.11. The van der Waals surface area contributed by atoms with E-state index in [1.54, 1.807) is 14.7 Å². The van der Waals surface area contributed by atoms with Crippen LogP contribution in [0, 0.1) is 0 Å². The fourth-order valence-corrected chi connectivity index (χ4v) is 3.29. The summed E-state index contributed by atoms with van der Waals surface area (Å²) in [7, 11) is 0. The summed E-state index contributed by atoms with van der Waals surface area (Å²) >= 11 is 0. The molecule has 8 heteroatoms. The van der Waals surface area contributed by atoms with Crippen LogP contribution in [0.3, 0.4) is 0 Å². The second-order valence-electron chi connectivity index (χ2n) is 6.94. The minimum atomic E-state index is -0.254. The van der Waals surface area contributed by atoms with E-state index in [0.717, 1.165) is 5.56 Å². The van der Waals surface area contributed by atoms with E-state index < -0.39 is 0 Å². The molecule has 8 nitrogen and oxygen atoms in total. The smallest absolute Gasteiger partial charge is 0.274 e. The highest BCUT2D eigenvalue weighted by atomic mass is 16.2. The van der Waals surface area contributed by atoms with Gasteiger partial charge < -0.3 is 14.7 Å². The van der Waals surface area contributed by atoms with Gasteiger partial charge in [0.1, 0.15) is 5.69 Å². The van der Waals surface area contributed by atoms with Crippen LogP contribution < -0.4 is 0 Å². The molecule has 1 aliphatic rings. The zero-order valence-electron chi connectivity index (χ0n) is 16.5. The van der Waals surface area contributed by atoms with Gasteiger partial charge in [0, 0.05) is 65.0 Å². The maximum Gasteiger partial charge on any atom is 0.274 e. The Bertz CT molecular complexity index is 836. The maximum atomic E-state index is 12.9. The van der Waals surface area contributed by atoms with Gasteiger partial charge in [0.25, 0.3) is 5.91 Å². The van der Waals surface area contributed by atoms with Crippen molar-refractivity contribution in [3.8, 4) is 0 Å². The van der Waals surface area contributed by atoms with E-state index in [4.69, 9.17) is 0 Å². The molecule has 1 aromatic carbocycles. The van der Waals surface area contributed by atoms with Crippen molar-refractivity contribution in [2.75, 3.05) is 32.7 Å². The summed E-state index contributed by atoms with van der Waals surface area (Å²) in [6.07, 6.45) is 4.65. The van der Waals surface area contributed by atoms with Gasteiger partial charge in [0.2, 0.25) is 11.8 Å². The van der Waals surface area contributed by atoms with Gasteiger partial charge in [-0.1, -0.05) is 30.3 Å². The lowest BCUT2D eigenvalue weighted by Crippen LogP contribution is -2.50. The molecule has 152 valence electrons. The van der Waals surface area contributed by atoms with Crippen LogP contribution in [0.25, 0.3) is 0 Å². The normalized spacial score (nSPS) is 13.8. The highest BCUT2D eigenvalue weighted by molar-refractivity contribution is 5.92. The molecule has 0 unspecified atom stereocenters. The lowest BCUT2D eigenvalue weighted by atomic mass is 10.2. The van der Waals surface area contributed by atoms with E-state index in [0.29, 0.717) is 32.7 Å². The molecule has 2 aromatic rings. The van der Waals surface area contributed by atoms with Gasteiger partial charge in [-0.3, -0.25) is 19.4 Å².